The highest BCUT2D eigenvalue weighted by molar-refractivity contribution is 7.80. The number of anilines is 2. The third kappa shape index (κ3) is 4.43. The summed E-state index contributed by atoms with van der Waals surface area (Å²) >= 11 is 17.2. The first kappa shape index (κ1) is 15.8. The van der Waals surface area contributed by atoms with E-state index in [2.05, 4.69) is 10.6 Å². The van der Waals surface area contributed by atoms with Crippen LogP contribution in [-0.4, -0.2) is 10.9 Å². The SMILES string of the molecule is CC(=O)c1cccc(NC(=S)Nc2cc(Cl)ccc2Cl)c1. The van der Waals surface area contributed by atoms with Crippen molar-refractivity contribution in [3.8, 4) is 0 Å². The van der Waals surface area contributed by atoms with E-state index < -0.39 is 0 Å². The maximum absolute atomic E-state index is 11.3. The van der Waals surface area contributed by atoms with Gasteiger partial charge in [-0.25, -0.2) is 0 Å². The number of halogens is 2. The Morgan fingerprint density at radius 2 is 1.86 bits per heavy atom. The van der Waals surface area contributed by atoms with Gasteiger partial charge in [0.1, 0.15) is 0 Å². The summed E-state index contributed by atoms with van der Waals surface area (Å²) in [6.45, 7) is 1.52. The van der Waals surface area contributed by atoms with Crippen molar-refractivity contribution in [3.05, 3.63) is 58.1 Å². The molecule has 2 aromatic carbocycles. The molecule has 21 heavy (non-hydrogen) atoms. The van der Waals surface area contributed by atoms with Crippen LogP contribution in [0.4, 0.5) is 11.4 Å². The van der Waals surface area contributed by atoms with Gasteiger partial charge in [0, 0.05) is 16.3 Å². The highest BCUT2D eigenvalue weighted by Gasteiger charge is 2.05. The number of hydrogen-bond donors (Lipinski definition) is 2. The van der Waals surface area contributed by atoms with Crippen molar-refractivity contribution in [1.82, 2.24) is 0 Å². The smallest absolute Gasteiger partial charge is 0.175 e. The zero-order chi connectivity index (χ0) is 15.4. The zero-order valence-corrected chi connectivity index (χ0v) is 13.4. The topological polar surface area (TPSA) is 41.1 Å². The molecule has 0 atom stereocenters. The number of carbonyl (C=O) groups excluding carboxylic acids is 1. The van der Waals surface area contributed by atoms with E-state index in [1.54, 1.807) is 36.4 Å². The lowest BCUT2D eigenvalue weighted by Crippen LogP contribution is -2.19. The summed E-state index contributed by atoms with van der Waals surface area (Å²) in [7, 11) is 0. The summed E-state index contributed by atoms with van der Waals surface area (Å²) in [5.74, 6) is -0.00425. The van der Waals surface area contributed by atoms with Crippen LogP contribution in [0.25, 0.3) is 0 Å². The molecule has 0 bridgehead atoms. The molecule has 3 nitrogen and oxygen atoms in total. The normalized spacial score (nSPS) is 10.0. The second-order valence-corrected chi connectivity index (χ2v) is 5.59. The Morgan fingerprint density at radius 3 is 2.57 bits per heavy atom. The van der Waals surface area contributed by atoms with E-state index in [1.165, 1.54) is 6.92 Å². The van der Waals surface area contributed by atoms with Crippen LogP contribution in [0.2, 0.25) is 10.0 Å². The molecule has 0 aliphatic carbocycles. The molecule has 0 fully saturated rings. The molecule has 0 aliphatic heterocycles. The van der Waals surface area contributed by atoms with Crippen molar-refractivity contribution in [3.63, 3.8) is 0 Å². The van der Waals surface area contributed by atoms with Gasteiger partial charge in [-0.05, 0) is 49.5 Å². The lowest BCUT2D eigenvalue weighted by molar-refractivity contribution is 0.101. The van der Waals surface area contributed by atoms with Crippen molar-refractivity contribution < 1.29 is 4.79 Å². The van der Waals surface area contributed by atoms with Gasteiger partial charge in [0.05, 0.1) is 10.7 Å². The molecule has 2 rings (SSSR count). The van der Waals surface area contributed by atoms with Crippen molar-refractivity contribution in [2.24, 2.45) is 0 Å². The second-order valence-electron chi connectivity index (χ2n) is 4.34. The van der Waals surface area contributed by atoms with E-state index in [-0.39, 0.29) is 5.78 Å². The van der Waals surface area contributed by atoms with Crippen LogP contribution in [-0.2, 0) is 0 Å². The van der Waals surface area contributed by atoms with Gasteiger partial charge in [-0.3, -0.25) is 4.79 Å². The Labute approximate surface area is 138 Å². The van der Waals surface area contributed by atoms with E-state index in [0.29, 0.717) is 26.4 Å². The van der Waals surface area contributed by atoms with E-state index in [1.807, 2.05) is 6.07 Å². The molecule has 0 unspecified atom stereocenters. The molecule has 0 radical (unpaired) electrons. The summed E-state index contributed by atoms with van der Waals surface area (Å²) in [5, 5.41) is 7.40. The summed E-state index contributed by atoms with van der Waals surface area (Å²) in [6.07, 6.45) is 0. The van der Waals surface area contributed by atoms with Gasteiger partial charge in [-0.2, -0.15) is 0 Å². The fourth-order valence-electron chi connectivity index (χ4n) is 1.69. The minimum absolute atomic E-state index is 0.00425. The Morgan fingerprint density at radius 1 is 1.10 bits per heavy atom. The van der Waals surface area contributed by atoms with Crippen LogP contribution in [0.15, 0.2) is 42.5 Å². The van der Waals surface area contributed by atoms with Gasteiger partial charge >= 0.3 is 0 Å². The number of nitrogens with one attached hydrogen (secondary N) is 2. The molecular formula is C15H12Cl2N2OS. The predicted molar refractivity (Wildman–Crippen MR) is 92.8 cm³/mol. The van der Waals surface area contributed by atoms with Crippen molar-refractivity contribution in [2.75, 3.05) is 10.6 Å². The molecule has 2 N–H and O–H groups in total. The minimum Gasteiger partial charge on any atom is -0.332 e. The van der Waals surface area contributed by atoms with E-state index >= 15 is 0 Å². The number of carbonyl (C=O) groups is 1. The third-order valence-electron chi connectivity index (χ3n) is 2.70. The second kappa shape index (κ2) is 6.89. The summed E-state index contributed by atoms with van der Waals surface area (Å²) in [6, 6.07) is 12.2. The molecule has 6 heteroatoms. The molecule has 0 amide bonds. The van der Waals surface area contributed by atoms with Crippen molar-refractivity contribution in [1.29, 1.82) is 0 Å². The number of rotatable bonds is 3. The van der Waals surface area contributed by atoms with E-state index in [9.17, 15) is 4.79 Å². The fourth-order valence-corrected chi connectivity index (χ4v) is 2.26. The van der Waals surface area contributed by atoms with Crippen LogP contribution in [0.5, 0.6) is 0 Å². The molecular weight excluding hydrogens is 327 g/mol. The monoisotopic (exact) mass is 338 g/mol. The van der Waals surface area contributed by atoms with Crippen LogP contribution in [0.1, 0.15) is 17.3 Å². The third-order valence-corrected chi connectivity index (χ3v) is 3.47. The average molecular weight is 339 g/mol. The largest absolute Gasteiger partial charge is 0.332 e. The maximum Gasteiger partial charge on any atom is 0.175 e. The Balaban J connectivity index is 2.10. The molecule has 2 aromatic rings. The van der Waals surface area contributed by atoms with Crippen LogP contribution in [0.3, 0.4) is 0 Å². The van der Waals surface area contributed by atoms with Gasteiger partial charge in [0.15, 0.2) is 10.9 Å². The highest BCUT2D eigenvalue weighted by atomic mass is 35.5. The van der Waals surface area contributed by atoms with Gasteiger partial charge < -0.3 is 10.6 Å². The van der Waals surface area contributed by atoms with Gasteiger partial charge in [-0.1, -0.05) is 35.3 Å². The highest BCUT2D eigenvalue weighted by Crippen LogP contribution is 2.25. The molecule has 0 spiro atoms. The Hall–Kier alpha value is -1.62. The van der Waals surface area contributed by atoms with Gasteiger partial charge in [0.2, 0.25) is 0 Å². The molecule has 108 valence electrons. The minimum atomic E-state index is -0.00425. The summed E-state index contributed by atoms with van der Waals surface area (Å²) < 4.78 is 0. The Kier molecular flexibility index (Phi) is 5.17. The van der Waals surface area contributed by atoms with Crippen molar-refractivity contribution >= 4 is 57.7 Å². The molecule has 0 aromatic heterocycles. The van der Waals surface area contributed by atoms with Crippen LogP contribution in [0, 0.1) is 0 Å². The molecule has 0 saturated heterocycles. The summed E-state index contributed by atoms with van der Waals surface area (Å²) in [4.78, 5) is 11.3. The first-order valence-electron chi connectivity index (χ1n) is 6.10. The molecule has 0 aliphatic rings. The number of ketones is 1. The summed E-state index contributed by atoms with van der Waals surface area (Å²) in [5.41, 5.74) is 1.95. The first-order chi connectivity index (χ1) is 9.95. The fraction of sp³-hybridized carbons (Fsp3) is 0.0667. The Bertz CT molecular complexity index is 704. The lowest BCUT2D eigenvalue weighted by atomic mass is 10.1. The standard InChI is InChI=1S/C15H12Cl2N2OS/c1-9(20)10-3-2-4-12(7-10)18-15(21)19-14-8-11(16)5-6-13(14)17/h2-8H,1H3,(H2,18,19,21). The zero-order valence-electron chi connectivity index (χ0n) is 11.1. The van der Waals surface area contributed by atoms with Gasteiger partial charge in [-0.15, -0.1) is 0 Å². The van der Waals surface area contributed by atoms with Crippen LogP contribution < -0.4 is 10.6 Å². The molecule has 0 heterocycles. The first-order valence-corrected chi connectivity index (χ1v) is 7.26. The number of Topliss-reactive ketones (excluding diaryl/α,β-unsaturated/α-hetero) is 1. The average Bonchev–Trinajstić information content (AvgIpc) is 2.43. The quantitative estimate of drug-likeness (QED) is 0.610. The lowest BCUT2D eigenvalue weighted by Gasteiger charge is -2.12. The van der Waals surface area contributed by atoms with Crippen molar-refractivity contribution in [2.45, 2.75) is 6.92 Å². The predicted octanol–water partition coefficient (Wildman–Crippen LogP) is 5.00. The number of thiocarbonyl (C=S) groups is 1. The molecule has 0 saturated carbocycles. The van der Waals surface area contributed by atoms with E-state index in [0.717, 1.165) is 5.69 Å². The van der Waals surface area contributed by atoms with Crippen LogP contribution >= 0.6 is 35.4 Å². The van der Waals surface area contributed by atoms with Gasteiger partial charge in [0.25, 0.3) is 0 Å². The van der Waals surface area contributed by atoms with E-state index in [4.69, 9.17) is 35.4 Å². The number of benzene rings is 2. The maximum atomic E-state index is 11.3. The number of hydrogen-bond acceptors (Lipinski definition) is 2.